The maximum atomic E-state index is 14.1. The third-order valence-electron chi connectivity index (χ3n) is 6.67. The van der Waals surface area contributed by atoms with Gasteiger partial charge >= 0.3 is 23.2 Å². The zero-order valence-electron chi connectivity index (χ0n) is 28.0. The first-order valence-corrected chi connectivity index (χ1v) is 16.4. The van der Waals surface area contributed by atoms with Crippen LogP contribution in [0, 0.1) is 0 Å². The highest BCUT2D eigenvalue weighted by Gasteiger charge is 2.34. The molecule has 0 unspecified atom stereocenters. The van der Waals surface area contributed by atoms with E-state index in [0.717, 1.165) is 10.6 Å². The molecule has 270 valence electrons. The second-order valence-electron chi connectivity index (χ2n) is 13.0. The molecule has 0 bridgehead atoms. The third kappa shape index (κ3) is 10.6. The summed E-state index contributed by atoms with van der Waals surface area (Å²) in [4.78, 5) is 47.0. The molecule has 0 saturated heterocycles. The molecule has 2 amide bonds. The van der Waals surface area contributed by atoms with E-state index in [1.807, 2.05) is 0 Å². The van der Waals surface area contributed by atoms with Crippen molar-refractivity contribution in [2.75, 3.05) is 6.61 Å². The van der Waals surface area contributed by atoms with Gasteiger partial charge in [-0.3, -0.25) is 29.8 Å². The summed E-state index contributed by atoms with van der Waals surface area (Å²) in [5.74, 6) is -0.489. The number of benzene rings is 2. The monoisotopic (exact) mass is 739 g/mol. The maximum Gasteiger partial charge on any atom is 0.416 e. The Morgan fingerprint density at radius 1 is 1.00 bits per heavy atom. The van der Waals surface area contributed by atoms with Crippen LogP contribution in [-0.4, -0.2) is 46.0 Å². The van der Waals surface area contributed by atoms with Crippen LogP contribution in [0.3, 0.4) is 0 Å². The van der Waals surface area contributed by atoms with E-state index in [4.69, 9.17) is 25.9 Å². The van der Waals surface area contributed by atoms with Crippen LogP contribution in [0.4, 0.5) is 22.8 Å². The van der Waals surface area contributed by atoms with Crippen LogP contribution in [0.15, 0.2) is 52.4 Å². The van der Waals surface area contributed by atoms with Gasteiger partial charge in [-0.15, -0.1) is 0 Å². The summed E-state index contributed by atoms with van der Waals surface area (Å²) in [5.41, 5.74) is 0.672. The lowest BCUT2D eigenvalue weighted by Gasteiger charge is -2.26. The molecule has 0 saturated carbocycles. The van der Waals surface area contributed by atoms with Gasteiger partial charge in [-0.25, -0.2) is 9.59 Å². The average Bonchev–Trinajstić information content (AvgIpc) is 3.55. The van der Waals surface area contributed by atoms with Crippen LogP contribution in [0.2, 0.25) is 5.02 Å². The number of hydrogen-bond donors (Lipinski definition) is 4. The van der Waals surface area contributed by atoms with E-state index >= 15 is 0 Å². The standard InChI is InChI=1S/C33H37ClF3N5O7S/c1-31(2,3)48-28(44)39-27(40-29(45)49-32(4,5)6)41-47-14-13-42-26(43)25(50-30(42)46)22(18-8-10-24-20(15-18)11-12-38-24)16-19-7-9-21(34)17-23(19)33(35,36)37/h7-12,15,17,27,41,43H,13-14,16H2,1-6H3,(H,39,44)(H,40,45). The highest BCUT2D eigenvalue weighted by molar-refractivity contribution is 7.10. The molecule has 0 radical (unpaired) electrons. The number of carbonyl (C=O) groups excluding carboxylic acids is 2. The van der Waals surface area contributed by atoms with E-state index < -0.39 is 52.2 Å². The molecule has 2 aromatic carbocycles. The molecule has 1 aromatic heterocycles. The van der Waals surface area contributed by atoms with Crippen LogP contribution in [0.1, 0.15) is 63.1 Å². The molecule has 0 atom stereocenters. The number of rotatable bonds is 10. The SMILES string of the molecule is CC(C)(C)OC(=O)NC(NOCCn1c(O)c(C(Cc2ccc(Cl)cc2C(F)(F)F)=c2ccc3c(c2)C=CN=3)sc1=O)NC(=O)OC(C)(C)C. The lowest BCUT2D eigenvalue weighted by atomic mass is 9.96. The minimum absolute atomic E-state index is 0.0564. The largest absolute Gasteiger partial charge is 0.493 e. The summed E-state index contributed by atoms with van der Waals surface area (Å²) in [6.45, 7) is 9.39. The Labute approximate surface area is 294 Å². The highest BCUT2D eigenvalue weighted by Crippen LogP contribution is 2.37. The number of aromatic hydroxyl groups is 1. The number of alkyl halides is 3. The number of nitrogens with zero attached hydrogens (tertiary/aromatic N) is 2. The number of thiazole rings is 1. The predicted octanol–water partition coefficient (Wildman–Crippen LogP) is 5.19. The van der Waals surface area contributed by atoms with Crippen LogP contribution in [0.25, 0.3) is 11.6 Å². The van der Waals surface area contributed by atoms with Gasteiger partial charge in [0, 0.05) is 23.2 Å². The minimum atomic E-state index is -4.72. The Balaban J connectivity index is 1.60. The Morgan fingerprint density at radius 3 is 2.24 bits per heavy atom. The van der Waals surface area contributed by atoms with Gasteiger partial charge in [0.1, 0.15) is 11.2 Å². The molecule has 50 heavy (non-hydrogen) atoms. The van der Waals surface area contributed by atoms with E-state index in [0.29, 0.717) is 27.5 Å². The number of fused-ring (bicyclic) bond motifs is 1. The van der Waals surface area contributed by atoms with Crippen molar-refractivity contribution in [3.8, 4) is 5.88 Å². The summed E-state index contributed by atoms with van der Waals surface area (Å²) in [6.07, 6.45) is -4.81. The summed E-state index contributed by atoms with van der Waals surface area (Å²) in [5, 5.41) is 17.1. The molecular formula is C33H37ClF3N5O7S. The maximum absolute atomic E-state index is 14.1. The van der Waals surface area contributed by atoms with Gasteiger partial charge in [-0.1, -0.05) is 35.1 Å². The Bertz CT molecular complexity index is 1930. The van der Waals surface area contributed by atoms with Gasteiger partial charge in [0.25, 0.3) is 0 Å². The van der Waals surface area contributed by atoms with E-state index in [9.17, 15) is 32.7 Å². The van der Waals surface area contributed by atoms with Crippen molar-refractivity contribution in [3.63, 3.8) is 0 Å². The lowest BCUT2D eigenvalue weighted by Crippen LogP contribution is -2.58. The van der Waals surface area contributed by atoms with E-state index in [2.05, 4.69) is 21.1 Å². The van der Waals surface area contributed by atoms with E-state index in [1.54, 1.807) is 72.0 Å². The number of hydrogen-bond acceptors (Lipinski definition) is 10. The smallest absolute Gasteiger partial charge is 0.416 e. The second-order valence-corrected chi connectivity index (χ2v) is 14.4. The number of aromatic nitrogens is 1. The number of hydroxylamine groups is 1. The molecule has 17 heteroatoms. The zero-order valence-corrected chi connectivity index (χ0v) is 29.6. The summed E-state index contributed by atoms with van der Waals surface area (Å²) in [7, 11) is 0. The summed E-state index contributed by atoms with van der Waals surface area (Å²) in [6, 6.07) is 8.51. The number of carbonyl (C=O) groups is 2. The lowest BCUT2D eigenvalue weighted by molar-refractivity contribution is -0.138. The second kappa shape index (κ2) is 15.2. The first-order valence-electron chi connectivity index (χ1n) is 15.2. The molecule has 0 spiro atoms. The van der Waals surface area contributed by atoms with Crippen LogP contribution < -0.4 is 31.6 Å². The summed E-state index contributed by atoms with van der Waals surface area (Å²) < 4.78 is 53.6. The molecule has 0 fully saturated rings. The molecule has 1 aliphatic rings. The van der Waals surface area contributed by atoms with Gasteiger partial charge < -0.3 is 14.6 Å². The minimum Gasteiger partial charge on any atom is -0.493 e. The van der Waals surface area contributed by atoms with E-state index in [-0.39, 0.29) is 40.6 Å². The molecule has 12 nitrogen and oxygen atoms in total. The fourth-order valence-corrected chi connectivity index (χ4v) is 5.83. The highest BCUT2D eigenvalue weighted by atomic mass is 35.5. The molecule has 4 N–H and O–H groups in total. The third-order valence-corrected chi connectivity index (χ3v) is 7.93. The number of amides is 2. The quantitative estimate of drug-likeness (QED) is 0.126. The fraction of sp³-hybridized carbons (Fsp3) is 0.394. The normalized spacial score (nSPS) is 13.5. The predicted molar refractivity (Wildman–Crippen MR) is 181 cm³/mol. The average molecular weight is 740 g/mol. The molecule has 0 aliphatic carbocycles. The molecule has 1 aliphatic heterocycles. The van der Waals surface area contributed by atoms with Crippen molar-refractivity contribution in [1.29, 1.82) is 0 Å². The molecule has 4 rings (SSSR count). The first-order chi connectivity index (χ1) is 23.2. The van der Waals surface area contributed by atoms with E-state index in [1.165, 1.54) is 12.1 Å². The summed E-state index contributed by atoms with van der Waals surface area (Å²) >= 11 is 6.56. The fourth-order valence-electron chi connectivity index (χ4n) is 4.68. The zero-order chi connectivity index (χ0) is 37.0. The van der Waals surface area contributed by atoms with Gasteiger partial charge in [0.2, 0.25) is 5.88 Å². The molecule has 2 heterocycles. The van der Waals surface area contributed by atoms with Crippen LogP contribution in [0.5, 0.6) is 5.88 Å². The Hall–Kier alpha value is -4.38. The van der Waals surface area contributed by atoms with Crippen molar-refractivity contribution >= 4 is 46.8 Å². The van der Waals surface area contributed by atoms with Gasteiger partial charge in [0.05, 0.1) is 28.9 Å². The number of nitrogens with one attached hydrogen (secondary N) is 3. The Kier molecular flexibility index (Phi) is 11.7. The van der Waals surface area contributed by atoms with Gasteiger partial charge in [-0.05, 0) is 88.2 Å². The first kappa shape index (κ1) is 38.4. The number of alkyl carbamates (subject to hydrolysis) is 2. The van der Waals surface area contributed by atoms with Crippen molar-refractivity contribution in [2.24, 2.45) is 4.99 Å². The van der Waals surface area contributed by atoms with Crippen LogP contribution >= 0.6 is 22.9 Å². The number of halogens is 4. The Morgan fingerprint density at radius 2 is 1.64 bits per heavy atom. The molecular weight excluding hydrogens is 703 g/mol. The number of ether oxygens (including phenoxy) is 2. The van der Waals surface area contributed by atoms with Crippen molar-refractivity contribution < 1.29 is 42.2 Å². The van der Waals surface area contributed by atoms with Crippen molar-refractivity contribution in [2.45, 2.75) is 78.2 Å². The van der Waals surface area contributed by atoms with Crippen molar-refractivity contribution in [1.82, 2.24) is 20.7 Å². The molecule has 3 aromatic rings. The van der Waals surface area contributed by atoms with Crippen LogP contribution in [-0.2, 0) is 33.5 Å². The van der Waals surface area contributed by atoms with Crippen molar-refractivity contribution in [3.05, 3.63) is 89.4 Å². The van der Waals surface area contributed by atoms with Gasteiger partial charge in [-0.2, -0.15) is 18.7 Å². The van der Waals surface area contributed by atoms with Gasteiger partial charge in [0.15, 0.2) is 6.29 Å². The topological polar surface area (TPSA) is 153 Å².